The number of nitrogens with zero attached hydrogens (tertiary/aromatic N) is 2. The van der Waals surface area contributed by atoms with Gasteiger partial charge in [0.25, 0.3) is 0 Å². The molecule has 0 aliphatic heterocycles. The fourth-order valence-corrected chi connectivity index (χ4v) is 1.95. The second-order valence-electron chi connectivity index (χ2n) is 4.32. The van der Waals surface area contributed by atoms with Crippen molar-refractivity contribution in [1.29, 1.82) is 0 Å². The maximum atomic E-state index is 13.0. The Morgan fingerprint density at radius 1 is 1.21 bits per heavy atom. The van der Waals surface area contributed by atoms with Gasteiger partial charge < -0.3 is 10.2 Å². The molecule has 1 heterocycles. The van der Waals surface area contributed by atoms with Crippen LogP contribution in [0.3, 0.4) is 0 Å². The average Bonchev–Trinajstić information content (AvgIpc) is 2.45. The molecule has 0 fully saturated rings. The lowest BCUT2D eigenvalue weighted by Crippen LogP contribution is -2.17. The van der Waals surface area contributed by atoms with Gasteiger partial charge in [0.05, 0.1) is 0 Å². The zero-order chi connectivity index (χ0) is 13.7. The number of anilines is 2. The van der Waals surface area contributed by atoms with Crippen LogP contribution in [0.4, 0.5) is 15.8 Å². The Bertz CT molecular complexity index is 525. The quantitative estimate of drug-likeness (QED) is 0.894. The molecule has 1 N–H and O–H groups in total. The fourth-order valence-electron chi connectivity index (χ4n) is 1.95. The van der Waals surface area contributed by atoms with E-state index in [1.165, 1.54) is 12.1 Å². The highest BCUT2D eigenvalue weighted by Crippen LogP contribution is 2.26. The molecule has 2 rings (SSSR count). The first-order valence-corrected chi connectivity index (χ1v) is 6.35. The summed E-state index contributed by atoms with van der Waals surface area (Å²) in [5, 5.41) is 3.29. The molecule has 0 aliphatic rings. The van der Waals surface area contributed by atoms with Gasteiger partial charge in [-0.05, 0) is 36.9 Å². The number of rotatable bonds is 5. The summed E-state index contributed by atoms with van der Waals surface area (Å²) in [6.07, 6.45) is 3.63. The van der Waals surface area contributed by atoms with Crippen LogP contribution in [-0.4, -0.2) is 18.6 Å². The third-order valence-corrected chi connectivity index (χ3v) is 3.02. The molecule has 100 valence electrons. The number of hydrogen-bond acceptors (Lipinski definition) is 3. The summed E-state index contributed by atoms with van der Waals surface area (Å²) < 4.78 is 13.0. The van der Waals surface area contributed by atoms with Crippen molar-refractivity contribution in [1.82, 2.24) is 10.3 Å². The molecule has 19 heavy (non-hydrogen) atoms. The van der Waals surface area contributed by atoms with E-state index in [1.54, 1.807) is 18.3 Å². The van der Waals surface area contributed by atoms with Gasteiger partial charge in [0.15, 0.2) is 0 Å². The third-order valence-electron chi connectivity index (χ3n) is 3.02. The number of halogens is 1. The van der Waals surface area contributed by atoms with Crippen molar-refractivity contribution in [2.24, 2.45) is 0 Å². The molecule has 2 aromatic rings. The van der Waals surface area contributed by atoms with Gasteiger partial charge in [-0.1, -0.05) is 6.92 Å². The molecule has 1 aromatic heterocycles. The SMILES string of the molecule is CCNCc1cnccc1N(C)c1ccc(F)cc1. The van der Waals surface area contributed by atoms with Crippen LogP contribution in [0.25, 0.3) is 0 Å². The minimum absolute atomic E-state index is 0.222. The van der Waals surface area contributed by atoms with Crippen LogP contribution in [0.2, 0.25) is 0 Å². The van der Waals surface area contributed by atoms with Crippen LogP contribution in [-0.2, 0) is 6.54 Å². The summed E-state index contributed by atoms with van der Waals surface area (Å²) in [7, 11) is 1.97. The third kappa shape index (κ3) is 3.29. The summed E-state index contributed by atoms with van der Waals surface area (Å²) in [5.74, 6) is -0.222. The molecule has 0 aliphatic carbocycles. The van der Waals surface area contributed by atoms with E-state index in [2.05, 4.69) is 17.2 Å². The topological polar surface area (TPSA) is 28.2 Å². The van der Waals surface area contributed by atoms with E-state index in [1.807, 2.05) is 24.2 Å². The van der Waals surface area contributed by atoms with Crippen molar-refractivity contribution in [2.45, 2.75) is 13.5 Å². The van der Waals surface area contributed by atoms with Crippen molar-refractivity contribution in [3.63, 3.8) is 0 Å². The monoisotopic (exact) mass is 259 g/mol. The first-order valence-electron chi connectivity index (χ1n) is 6.35. The van der Waals surface area contributed by atoms with Crippen LogP contribution < -0.4 is 10.2 Å². The highest BCUT2D eigenvalue weighted by molar-refractivity contribution is 5.65. The molecule has 0 spiro atoms. The zero-order valence-electron chi connectivity index (χ0n) is 11.2. The van der Waals surface area contributed by atoms with Gasteiger partial charge in [0.2, 0.25) is 0 Å². The number of nitrogens with one attached hydrogen (secondary N) is 1. The summed E-state index contributed by atoms with van der Waals surface area (Å²) in [6, 6.07) is 8.45. The van der Waals surface area contributed by atoms with E-state index in [9.17, 15) is 4.39 Å². The summed E-state index contributed by atoms with van der Waals surface area (Å²) >= 11 is 0. The van der Waals surface area contributed by atoms with E-state index in [0.717, 1.165) is 30.0 Å². The predicted molar refractivity (Wildman–Crippen MR) is 76.1 cm³/mol. The van der Waals surface area contributed by atoms with Gasteiger partial charge in [0.1, 0.15) is 5.82 Å². The molecule has 0 amide bonds. The number of hydrogen-bond donors (Lipinski definition) is 1. The number of pyridine rings is 1. The van der Waals surface area contributed by atoms with Gasteiger partial charge in [-0.2, -0.15) is 0 Å². The summed E-state index contributed by atoms with van der Waals surface area (Å²) in [6.45, 7) is 3.75. The molecule has 0 unspecified atom stereocenters. The van der Waals surface area contributed by atoms with Crippen molar-refractivity contribution in [2.75, 3.05) is 18.5 Å². The highest BCUT2D eigenvalue weighted by atomic mass is 19.1. The van der Waals surface area contributed by atoms with Crippen LogP contribution in [0.1, 0.15) is 12.5 Å². The average molecular weight is 259 g/mol. The Hall–Kier alpha value is -1.94. The largest absolute Gasteiger partial charge is 0.344 e. The molecular weight excluding hydrogens is 241 g/mol. The van der Waals surface area contributed by atoms with Gasteiger partial charge >= 0.3 is 0 Å². The smallest absolute Gasteiger partial charge is 0.123 e. The normalized spacial score (nSPS) is 10.5. The van der Waals surface area contributed by atoms with Crippen molar-refractivity contribution in [3.8, 4) is 0 Å². The Morgan fingerprint density at radius 3 is 2.63 bits per heavy atom. The lowest BCUT2D eigenvalue weighted by molar-refractivity contribution is 0.628. The van der Waals surface area contributed by atoms with Gasteiger partial charge in [-0.3, -0.25) is 4.98 Å². The number of aromatic nitrogens is 1. The molecule has 1 aromatic carbocycles. The van der Waals surface area contributed by atoms with Crippen LogP contribution in [0.15, 0.2) is 42.7 Å². The second kappa shape index (κ2) is 6.29. The van der Waals surface area contributed by atoms with Crippen molar-refractivity contribution in [3.05, 3.63) is 54.1 Å². The minimum Gasteiger partial charge on any atom is -0.344 e. The van der Waals surface area contributed by atoms with Crippen molar-refractivity contribution < 1.29 is 4.39 Å². The highest BCUT2D eigenvalue weighted by Gasteiger charge is 2.09. The Labute approximate surface area is 113 Å². The maximum absolute atomic E-state index is 13.0. The van der Waals surface area contributed by atoms with Gasteiger partial charge in [0, 0.05) is 42.9 Å². The molecule has 4 heteroatoms. The summed E-state index contributed by atoms with van der Waals surface area (Å²) in [4.78, 5) is 6.20. The predicted octanol–water partition coefficient (Wildman–Crippen LogP) is 3.10. The van der Waals surface area contributed by atoms with Gasteiger partial charge in [-0.25, -0.2) is 4.39 Å². The first-order chi connectivity index (χ1) is 9.22. The van der Waals surface area contributed by atoms with Gasteiger partial charge in [-0.15, -0.1) is 0 Å². The minimum atomic E-state index is -0.222. The van der Waals surface area contributed by atoms with E-state index in [4.69, 9.17) is 0 Å². The van der Waals surface area contributed by atoms with E-state index in [0.29, 0.717) is 0 Å². The number of benzene rings is 1. The molecular formula is C15H18FN3. The first kappa shape index (κ1) is 13.5. The standard InChI is InChI=1S/C15H18FN3/c1-3-17-10-12-11-18-9-8-15(12)19(2)14-6-4-13(16)5-7-14/h4-9,11,17H,3,10H2,1-2H3. The Kier molecular flexibility index (Phi) is 4.47. The van der Waals surface area contributed by atoms with Crippen molar-refractivity contribution >= 4 is 11.4 Å². The Morgan fingerprint density at radius 2 is 1.95 bits per heavy atom. The zero-order valence-corrected chi connectivity index (χ0v) is 11.2. The van der Waals surface area contributed by atoms with E-state index >= 15 is 0 Å². The summed E-state index contributed by atoms with van der Waals surface area (Å²) in [5.41, 5.74) is 3.14. The van der Waals surface area contributed by atoms with E-state index in [-0.39, 0.29) is 5.82 Å². The Balaban J connectivity index is 2.27. The molecule has 0 atom stereocenters. The van der Waals surface area contributed by atoms with E-state index < -0.39 is 0 Å². The molecule has 0 saturated heterocycles. The fraction of sp³-hybridized carbons (Fsp3) is 0.267. The molecule has 0 saturated carbocycles. The van der Waals surface area contributed by atoms with Crippen LogP contribution in [0.5, 0.6) is 0 Å². The lowest BCUT2D eigenvalue weighted by atomic mass is 10.2. The maximum Gasteiger partial charge on any atom is 0.123 e. The molecule has 0 radical (unpaired) electrons. The molecule has 3 nitrogen and oxygen atoms in total. The lowest BCUT2D eigenvalue weighted by Gasteiger charge is -2.22. The molecule has 0 bridgehead atoms. The van der Waals surface area contributed by atoms with Crippen LogP contribution in [0, 0.1) is 5.82 Å². The second-order valence-corrected chi connectivity index (χ2v) is 4.32. The van der Waals surface area contributed by atoms with Crippen LogP contribution >= 0.6 is 0 Å².